The molecule has 1 unspecified atom stereocenters. The third kappa shape index (κ3) is 7.24. The largest absolute Gasteiger partial charge is 0.472 e. The summed E-state index contributed by atoms with van der Waals surface area (Å²) in [6.45, 7) is 7.26. The number of amides is 1. The molecule has 4 aromatic heterocycles. The molecule has 1 atom stereocenters. The molecule has 0 aliphatic carbocycles. The third-order valence-electron chi connectivity index (χ3n) is 7.93. The molecule has 1 amide bonds. The number of anilines is 4. The molecule has 1 aliphatic heterocycles. The molecule has 14 heteroatoms. The van der Waals surface area contributed by atoms with Crippen molar-refractivity contribution in [2.75, 3.05) is 62.8 Å². The number of aromatic amines is 1. The number of nitrogens with zero attached hydrogens (tertiary/aromatic N) is 8. The van der Waals surface area contributed by atoms with Crippen LogP contribution in [-0.2, 0) is 11.8 Å². The minimum atomic E-state index is -0.0912. The Labute approximate surface area is 267 Å². The van der Waals surface area contributed by atoms with Crippen molar-refractivity contribution in [3.8, 4) is 17.1 Å². The number of aryl methyl sites for hydroxylation is 3. The fraction of sp³-hybridized carbons (Fsp3) is 0.375. The lowest BCUT2D eigenvalue weighted by Crippen LogP contribution is -2.33. The lowest BCUT2D eigenvalue weighted by molar-refractivity contribution is -0.117. The quantitative estimate of drug-likeness (QED) is 0.161. The molecule has 46 heavy (non-hydrogen) atoms. The van der Waals surface area contributed by atoms with Gasteiger partial charge in [-0.05, 0) is 46.0 Å². The lowest BCUT2D eigenvalue weighted by Gasteiger charge is -2.17. The van der Waals surface area contributed by atoms with Gasteiger partial charge in [-0.2, -0.15) is 10.1 Å². The maximum atomic E-state index is 13.2. The number of likely N-dealkylation sites (tertiary alicyclic amines) is 1. The van der Waals surface area contributed by atoms with Crippen LogP contribution in [0.2, 0.25) is 0 Å². The van der Waals surface area contributed by atoms with Crippen LogP contribution in [0.4, 0.5) is 23.3 Å². The van der Waals surface area contributed by atoms with E-state index in [1.807, 2.05) is 65.5 Å². The van der Waals surface area contributed by atoms with Crippen LogP contribution in [0.1, 0.15) is 17.7 Å². The highest BCUT2D eigenvalue weighted by Gasteiger charge is 2.26. The lowest BCUT2D eigenvalue weighted by atomic mass is 10.1. The molecule has 1 fully saturated rings. The number of hydrogen-bond donors (Lipinski definition) is 4. The number of carbonyl (C=O) groups is 1. The molecule has 0 saturated carbocycles. The molecule has 4 N–H and O–H groups in total. The molecular weight excluding hydrogens is 584 g/mol. The fourth-order valence-corrected chi connectivity index (χ4v) is 5.46. The predicted molar refractivity (Wildman–Crippen MR) is 178 cm³/mol. The summed E-state index contributed by atoms with van der Waals surface area (Å²) in [6, 6.07) is 7.80. The van der Waals surface area contributed by atoms with E-state index in [9.17, 15) is 4.79 Å². The normalized spacial score (nSPS) is 15.0. The Hall–Kier alpha value is -5.08. The first-order chi connectivity index (χ1) is 22.2. The topological polar surface area (TPSA) is 154 Å². The summed E-state index contributed by atoms with van der Waals surface area (Å²) >= 11 is 0. The van der Waals surface area contributed by atoms with Gasteiger partial charge in [-0.25, -0.2) is 9.97 Å². The zero-order chi connectivity index (χ0) is 32.2. The maximum Gasteiger partial charge on any atom is 0.238 e. The van der Waals surface area contributed by atoms with E-state index in [2.05, 4.69) is 50.8 Å². The van der Waals surface area contributed by atoms with Gasteiger partial charge in [0.15, 0.2) is 5.82 Å². The van der Waals surface area contributed by atoms with Gasteiger partial charge in [0.25, 0.3) is 0 Å². The Kier molecular flexibility index (Phi) is 9.08. The zero-order valence-electron chi connectivity index (χ0n) is 26.8. The minimum Gasteiger partial charge on any atom is -0.472 e. The molecule has 0 spiro atoms. The van der Waals surface area contributed by atoms with Gasteiger partial charge in [-0.1, -0.05) is 12.1 Å². The van der Waals surface area contributed by atoms with Crippen LogP contribution in [0.5, 0.6) is 5.88 Å². The molecule has 0 radical (unpaired) electrons. The second-order valence-corrected chi connectivity index (χ2v) is 11.9. The summed E-state index contributed by atoms with van der Waals surface area (Å²) in [5.74, 6) is 2.21. The van der Waals surface area contributed by atoms with Gasteiger partial charge in [0.1, 0.15) is 11.9 Å². The summed E-state index contributed by atoms with van der Waals surface area (Å²) in [5, 5.41) is 15.0. The molecule has 5 aromatic rings. The first-order valence-electron chi connectivity index (χ1n) is 15.3. The zero-order valence-corrected chi connectivity index (χ0v) is 26.8. The third-order valence-corrected chi connectivity index (χ3v) is 7.93. The molecule has 1 aliphatic rings. The second-order valence-electron chi connectivity index (χ2n) is 11.9. The Morgan fingerprint density at radius 2 is 2.02 bits per heavy atom. The number of benzene rings is 1. The van der Waals surface area contributed by atoms with Gasteiger partial charge in [-0.15, -0.1) is 0 Å². The van der Waals surface area contributed by atoms with Gasteiger partial charge < -0.3 is 30.6 Å². The van der Waals surface area contributed by atoms with E-state index in [0.29, 0.717) is 35.7 Å². The van der Waals surface area contributed by atoms with Gasteiger partial charge >= 0.3 is 0 Å². The van der Waals surface area contributed by atoms with Crippen molar-refractivity contribution in [3.63, 3.8) is 0 Å². The first-order valence-corrected chi connectivity index (χ1v) is 15.3. The number of para-hydroxylation sites is 1. The predicted octanol–water partition coefficient (Wildman–Crippen LogP) is 3.57. The van der Waals surface area contributed by atoms with Crippen LogP contribution < -0.4 is 20.7 Å². The Balaban J connectivity index is 1.08. The Morgan fingerprint density at radius 1 is 1.15 bits per heavy atom. The maximum absolute atomic E-state index is 13.2. The SMILES string of the molecule is Cc1cnc(Nc2cc(C)n(C)n2)nc1-c1c[nH]c2c(NC(=O)CN3CCC(Oc4cncc(NCCN(C)C)n4)C3)cccc12. The van der Waals surface area contributed by atoms with Crippen LogP contribution in [0.25, 0.3) is 22.2 Å². The minimum absolute atomic E-state index is 0.0642. The van der Waals surface area contributed by atoms with Gasteiger partial charge in [0.2, 0.25) is 17.7 Å². The van der Waals surface area contributed by atoms with E-state index < -0.39 is 0 Å². The van der Waals surface area contributed by atoms with E-state index in [4.69, 9.17) is 9.72 Å². The van der Waals surface area contributed by atoms with Crippen molar-refractivity contribution in [2.45, 2.75) is 26.4 Å². The molecule has 1 aromatic carbocycles. The highest BCUT2D eigenvalue weighted by Crippen LogP contribution is 2.33. The molecule has 240 valence electrons. The molecule has 0 bridgehead atoms. The van der Waals surface area contributed by atoms with E-state index in [0.717, 1.165) is 59.5 Å². The smallest absolute Gasteiger partial charge is 0.238 e. The van der Waals surface area contributed by atoms with Gasteiger partial charge in [0, 0.05) is 68.3 Å². The Bertz CT molecular complexity index is 1810. The molecule has 1 saturated heterocycles. The van der Waals surface area contributed by atoms with E-state index in [-0.39, 0.29) is 18.6 Å². The van der Waals surface area contributed by atoms with Crippen molar-refractivity contribution >= 4 is 40.1 Å². The van der Waals surface area contributed by atoms with E-state index in [1.165, 1.54) is 0 Å². The molecular formula is C32H40N12O2. The van der Waals surface area contributed by atoms with Crippen molar-refractivity contribution in [1.29, 1.82) is 0 Å². The number of nitrogens with one attached hydrogen (secondary N) is 4. The number of likely N-dealkylation sites (N-methyl/N-ethyl adjacent to an activating group) is 1. The van der Waals surface area contributed by atoms with Gasteiger partial charge in [0.05, 0.1) is 35.8 Å². The van der Waals surface area contributed by atoms with Crippen LogP contribution in [0, 0.1) is 13.8 Å². The van der Waals surface area contributed by atoms with Crippen molar-refractivity contribution < 1.29 is 9.53 Å². The van der Waals surface area contributed by atoms with Crippen molar-refractivity contribution in [3.05, 3.63) is 60.3 Å². The summed E-state index contributed by atoms with van der Waals surface area (Å²) in [4.78, 5) is 38.8. The number of rotatable bonds is 12. The molecule has 5 heterocycles. The number of ether oxygens (including phenoxy) is 1. The average molecular weight is 625 g/mol. The number of carbonyl (C=O) groups excluding carboxylic acids is 1. The molecule has 6 rings (SSSR count). The number of fused-ring (bicyclic) bond motifs is 1. The summed E-state index contributed by atoms with van der Waals surface area (Å²) in [5.41, 5.74) is 5.22. The van der Waals surface area contributed by atoms with Crippen molar-refractivity contribution in [2.24, 2.45) is 7.05 Å². The van der Waals surface area contributed by atoms with Crippen LogP contribution in [-0.4, -0.2) is 103 Å². The average Bonchev–Trinajstić information content (AvgIpc) is 3.73. The second kappa shape index (κ2) is 13.5. The Morgan fingerprint density at radius 3 is 2.83 bits per heavy atom. The van der Waals surface area contributed by atoms with E-state index in [1.54, 1.807) is 23.3 Å². The number of aromatic nitrogens is 7. The fourth-order valence-electron chi connectivity index (χ4n) is 5.46. The summed E-state index contributed by atoms with van der Waals surface area (Å²) < 4.78 is 7.91. The summed E-state index contributed by atoms with van der Waals surface area (Å²) in [6.07, 6.45) is 7.77. The highest BCUT2D eigenvalue weighted by atomic mass is 16.5. The first kappa shape index (κ1) is 30.9. The molecule has 14 nitrogen and oxygen atoms in total. The van der Waals surface area contributed by atoms with Crippen LogP contribution >= 0.6 is 0 Å². The highest BCUT2D eigenvalue weighted by molar-refractivity contribution is 6.06. The summed E-state index contributed by atoms with van der Waals surface area (Å²) in [7, 11) is 5.94. The number of H-pyrrole nitrogens is 1. The number of hydrogen-bond acceptors (Lipinski definition) is 11. The van der Waals surface area contributed by atoms with Crippen LogP contribution in [0.15, 0.2) is 49.1 Å². The van der Waals surface area contributed by atoms with Crippen LogP contribution in [0.3, 0.4) is 0 Å². The van der Waals surface area contributed by atoms with E-state index >= 15 is 0 Å². The van der Waals surface area contributed by atoms with Gasteiger partial charge in [-0.3, -0.25) is 19.4 Å². The monoisotopic (exact) mass is 624 g/mol. The standard InChI is InChI=1S/C32H40N12O2/c1-20-14-36-32(39-26-13-21(2)43(5)41-26)40-30(20)24-15-35-31-23(24)7-6-8-25(31)37-28(45)19-44-11-9-22(18-44)46-29-17-33-16-27(38-29)34-10-12-42(3)4/h6-8,13-17,22,35H,9-12,18-19H2,1-5H3,(H,34,38)(H,37,45)(H,36,39,40,41). The van der Waals surface area contributed by atoms with Crippen molar-refractivity contribution in [1.82, 2.24) is 44.5 Å².